The molecular weight excluding hydrogens is 777 g/mol. The standard InChI is InChI=1S/C38H52Cl3N5O9/c1-22(2)30(31(47)45-29(20-52-9)32(48)46-17-16-42-28(19-46)33(49)53-21-38(39,40)41)54-34(50)37(7,8)15-14-24-10-11-25-12-13-26(44-27(25)18-24)23(3)43-35(51)55-36(4,5)6/h10-15,18,22-23,28-30,42H,16-17,19-21H2,1-9H3,(H,43,51)(H,45,47)/b15-14+/t23-,28+,29?,30+/m1/s1. The second-order valence-corrected chi connectivity index (χ2v) is 17.7. The first-order chi connectivity index (χ1) is 25.5. The molecule has 55 heavy (non-hydrogen) atoms. The molecule has 17 heteroatoms. The van der Waals surface area contributed by atoms with Gasteiger partial charge in [0.1, 0.15) is 24.3 Å². The second-order valence-electron chi connectivity index (χ2n) is 15.2. The van der Waals surface area contributed by atoms with E-state index < -0.39 is 81.4 Å². The van der Waals surface area contributed by atoms with Gasteiger partial charge in [0.05, 0.1) is 29.3 Å². The zero-order chi connectivity index (χ0) is 41.3. The van der Waals surface area contributed by atoms with E-state index in [1.54, 1.807) is 60.6 Å². The number of nitrogens with zero attached hydrogens (tertiary/aromatic N) is 2. The quantitative estimate of drug-likeness (QED) is 0.129. The fourth-order valence-electron chi connectivity index (χ4n) is 5.36. The SMILES string of the molecule is COCC(NC(=O)[C@@H](OC(=O)C(C)(C)/C=C/c1ccc2ccc([C@@H](C)NC(=O)OC(C)(C)C)nc2c1)C(C)C)C(=O)N1CCN[C@H](C(=O)OCC(Cl)(Cl)Cl)C1. The van der Waals surface area contributed by atoms with E-state index in [2.05, 4.69) is 16.0 Å². The van der Waals surface area contributed by atoms with Crippen molar-refractivity contribution >= 4 is 81.6 Å². The fourth-order valence-corrected chi connectivity index (χ4v) is 5.53. The number of carbonyl (C=O) groups excluding carboxylic acids is 5. The van der Waals surface area contributed by atoms with Crippen molar-refractivity contribution in [3.8, 4) is 0 Å². The number of halogens is 3. The van der Waals surface area contributed by atoms with Crippen molar-refractivity contribution in [2.45, 2.75) is 89.0 Å². The molecule has 304 valence electrons. The second kappa shape index (κ2) is 19.4. The minimum Gasteiger partial charge on any atom is -0.460 e. The Bertz CT molecular complexity index is 1730. The van der Waals surface area contributed by atoms with Crippen LogP contribution in [0.3, 0.4) is 0 Å². The lowest BCUT2D eigenvalue weighted by Crippen LogP contribution is -2.61. The lowest BCUT2D eigenvalue weighted by Gasteiger charge is -2.35. The molecule has 0 bridgehead atoms. The van der Waals surface area contributed by atoms with Crippen molar-refractivity contribution < 1.29 is 42.9 Å². The minimum absolute atomic E-state index is 0.0599. The Morgan fingerprint density at radius 3 is 2.31 bits per heavy atom. The number of carbonyl (C=O) groups is 5. The topological polar surface area (TPSA) is 174 Å². The van der Waals surface area contributed by atoms with Gasteiger partial charge in [-0.05, 0) is 65.2 Å². The van der Waals surface area contributed by atoms with Crippen LogP contribution < -0.4 is 16.0 Å². The van der Waals surface area contributed by atoms with Crippen molar-refractivity contribution in [3.63, 3.8) is 0 Å². The molecule has 3 rings (SSSR count). The highest BCUT2D eigenvalue weighted by Crippen LogP contribution is 2.27. The van der Waals surface area contributed by atoms with Gasteiger partial charge in [0.25, 0.3) is 5.91 Å². The van der Waals surface area contributed by atoms with Crippen LogP contribution in [0.4, 0.5) is 4.79 Å². The van der Waals surface area contributed by atoms with Crippen LogP contribution in [-0.4, -0.2) is 107 Å². The lowest BCUT2D eigenvalue weighted by atomic mass is 9.92. The molecule has 1 unspecified atom stereocenters. The van der Waals surface area contributed by atoms with E-state index in [0.717, 1.165) is 10.9 Å². The first kappa shape index (κ1) is 45.7. The summed E-state index contributed by atoms with van der Waals surface area (Å²) in [4.78, 5) is 71.6. The van der Waals surface area contributed by atoms with Gasteiger partial charge in [0, 0.05) is 32.1 Å². The average molecular weight is 829 g/mol. The molecule has 0 aliphatic carbocycles. The summed E-state index contributed by atoms with van der Waals surface area (Å²) in [7, 11) is 1.38. The number of esters is 2. The minimum atomic E-state index is -1.79. The molecule has 2 heterocycles. The Kier molecular flexibility index (Phi) is 16.2. The maximum atomic E-state index is 13.6. The largest absolute Gasteiger partial charge is 0.460 e. The summed E-state index contributed by atoms with van der Waals surface area (Å²) in [6.45, 7) is 13.8. The Morgan fingerprint density at radius 1 is 1.02 bits per heavy atom. The van der Waals surface area contributed by atoms with Crippen molar-refractivity contribution in [2.75, 3.05) is 40.0 Å². The number of piperazine rings is 1. The number of alkyl halides is 3. The van der Waals surface area contributed by atoms with Crippen molar-refractivity contribution in [2.24, 2.45) is 11.3 Å². The van der Waals surface area contributed by atoms with Crippen LogP contribution >= 0.6 is 34.8 Å². The number of hydrogen-bond donors (Lipinski definition) is 3. The molecule has 14 nitrogen and oxygen atoms in total. The number of rotatable bonds is 14. The van der Waals surface area contributed by atoms with Crippen molar-refractivity contribution in [1.29, 1.82) is 0 Å². The third kappa shape index (κ3) is 14.4. The lowest BCUT2D eigenvalue weighted by molar-refractivity contribution is -0.165. The number of ether oxygens (including phenoxy) is 4. The maximum Gasteiger partial charge on any atom is 0.408 e. The van der Waals surface area contributed by atoms with Crippen LogP contribution in [0.25, 0.3) is 17.0 Å². The first-order valence-corrected chi connectivity index (χ1v) is 19.0. The molecule has 0 saturated carbocycles. The molecule has 1 aromatic heterocycles. The molecule has 1 saturated heterocycles. The molecule has 1 fully saturated rings. The maximum absolute atomic E-state index is 13.6. The van der Waals surface area contributed by atoms with Crippen LogP contribution in [0.5, 0.6) is 0 Å². The molecule has 3 N–H and O–H groups in total. The molecule has 0 radical (unpaired) electrons. The zero-order valence-electron chi connectivity index (χ0n) is 32.7. The molecule has 1 aromatic carbocycles. The number of alkyl carbamates (subject to hydrolysis) is 1. The van der Waals surface area contributed by atoms with Gasteiger partial charge in [-0.25, -0.2) is 4.79 Å². The van der Waals surface area contributed by atoms with Crippen LogP contribution in [0, 0.1) is 11.3 Å². The Hall–Kier alpha value is -3.69. The molecule has 2 aromatic rings. The van der Waals surface area contributed by atoms with E-state index in [9.17, 15) is 24.0 Å². The Morgan fingerprint density at radius 2 is 1.69 bits per heavy atom. The van der Waals surface area contributed by atoms with Crippen molar-refractivity contribution in [3.05, 3.63) is 47.7 Å². The molecule has 1 aliphatic rings. The van der Waals surface area contributed by atoms with Gasteiger partial charge < -0.3 is 39.8 Å². The Labute approximate surface area is 337 Å². The summed E-state index contributed by atoms with van der Waals surface area (Å²) in [6.07, 6.45) is 1.67. The number of benzene rings is 1. The number of pyridine rings is 1. The van der Waals surface area contributed by atoms with Gasteiger partial charge in [0.2, 0.25) is 9.70 Å². The van der Waals surface area contributed by atoms with E-state index in [-0.39, 0.29) is 26.2 Å². The molecular formula is C38H52Cl3N5O9. The van der Waals surface area contributed by atoms with Gasteiger partial charge in [-0.2, -0.15) is 0 Å². The first-order valence-electron chi connectivity index (χ1n) is 17.8. The molecule has 3 amide bonds. The fraction of sp³-hybridized carbons (Fsp3) is 0.579. The van der Waals surface area contributed by atoms with Gasteiger partial charge >= 0.3 is 18.0 Å². The summed E-state index contributed by atoms with van der Waals surface area (Å²) in [5.41, 5.74) is 0.299. The average Bonchev–Trinajstić information content (AvgIpc) is 3.09. The normalized spacial score (nSPS) is 17.0. The van der Waals surface area contributed by atoms with Crippen molar-refractivity contribution in [1.82, 2.24) is 25.8 Å². The third-order valence-corrected chi connectivity index (χ3v) is 8.66. The summed E-state index contributed by atoms with van der Waals surface area (Å²) in [5.74, 6) is -3.00. The predicted molar refractivity (Wildman–Crippen MR) is 210 cm³/mol. The Balaban J connectivity index is 1.68. The number of fused-ring (bicyclic) bond motifs is 1. The number of nitrogens with one attached hydrogen (secondary N) is 3. The molecule has 4 atom stereocenters. The highest BCUT2D eigenvalue weighted by Gasteiger charge is 2.38. The highest BCUT2D eigenvalue weighted by molar-refractivity contribution is 6.67. The van der Waals surface area contributed by atoms with E-state index in [0.29, 0.717) is 11.2 Å². The summed E-state index contributed by atoms with van der Waals surface area (Å²) >= 11 is 17.1. The number of methoxy groups -OCH3 is 1. The van der Waals surface area contributed by atoms with E-state index in [4.69, 9.17) is 58.7 Å². The van der Waals surface area contributed by atoms with E-state index in [1.165, 1.54) is 12.0 Å². The molecule has 0 spiro atoms. The highest BCUT2D eigenvalue weighted by atomic mass is 35.6. The van der Waals surface area contributed by atoms with Gasteiger partial charge in [-0.3, -0.25) is 24.2 Å². The van der Waals surface area contributed by atoms with Crippen LogP contribution in [0.15, 0.2) is 36.4 Å². The third-order valence-electron chi connectivity index (χ3n) is 8.33. The van der Waals surface area contributed by atoms with Gasteiger partial charge in [-0.1, -0.05) is 79.0 Å². The monoisotopic (exact) mass is 827 g/mol. The van der Waals surface area contributed by atoms with Crippen LogP contribution in [0.2, 0.25) is 0 Å². The van der Waals surface area contributed by atoms with Gasteiger partial charge in [0.15, 0.2) is 6.10 Å². The number of hydrogen-bond acceptors (Lipinski definition) is 11. The summed E-state index contributed by atoms with van der Waals surface area (Å²) in [5, 5.41) is 9.33. The van der Waals surface area contributed by atoms with E-state index in [1.807, 2.05) is 37.3 Å². The van der Waals surface area contributed by atoms with E-state index >= 15 is 0 Å². The van der Waals surface area contributed by atoms with Crippen LogP contribution in [0.1, 0.15) is 72.7 Å². The van der Waals surface area contributed by atoms with Gasteiger partial charge in [-0.15, -0.1) is 0 Å². The smallest absolute Gasteiger partial charge is 0.408 e. The zero-order valence-corrected chi connectivity index (χ0v) is 34.9. The number of aromatic nitrogens is 1. The van der Waals surface area contributed by atoms with Crippen LogP contribution in [-0.2, 0) is 38.1 Å². The molecule has 1 aliphatic heterocycles. The summed E-state index contributed by atoms with van der Waals surface area (Å²) < 4.78 is 19.6. The predicted octanol–water partition coefficient (Wildman–Crippen LogP) is 5.27. The number of amides is 3. The summed E-state index contributed by atoms with van der Waals surface area (Å²) in [6, 6.07) is 6.96.